The number of alkyl halides is 3. The Morgan fingerprint density at radius 2 is 1.86 bits per heavy atom. The molecule has 0 unspecified atom stereocenters. The Kier molecular flexibility index (Phi) is 6.92. The fourth-order valence-electron chi connectivity index (χ4n) is 4.44. The molecule has 3 aromatic rings. The predicted octanol–water partition coefficient (Wildman–Crippen LogP) is 4.42. The molecule has 0 saturated carbocycles. The van der Waals surface area contributed by atoms with Crippen molar-refractivity contribution in [1.29, 1.82) is 0 Å². The monoisotopic (exact) mass is 508 g/mol. The van der Waals surface area contributed by atoms with Crippen molar-refractivity contribution in [3.63, 3.8) is 0 Å². The highest BCUT2D eigenvalue weighted by molar-refractivity contribution is 7.89. The first-order valence-corrected chi connectivity index (χ1v) is 12.8. The number of rotatable bonds is 6. The van der Waals surface area contributed by atoms with Gasteiger partial charge in [0.1, 0.15) is 0 Å². The summed E-state index contributed by atoms with van der Waals surface area (Å²) >= 11 is 0. The van der Waals surface area contributed by atoms with Crippen molar-refractivity contribution in [3.8, 4) is 0 Å². The van der Waals surface area contributed by atoms with Crippen molar-refractivity contribution in [3.05, 3.63) is 59.8 Å². The summed E-state index contributed by atoms with van der Waals surface area (Å²) in [5, 5.41) is 7.37. The molecule has 1 saturated heterocycles. The molecule has 4 rings (SSSR count). The minimum atomic E-state index is -4.51. The van der Waals surface area contributed by atoms with Crippen LogP contribution in [-0.2, 0) is 27.5 Å². The van der Waals surface area contributed by atoms with Crippen LogP contribution in [0, 0.1) is 5.92 Å². The number of amides is 1. The van der Waals surface area contributed by atoms with Crippen LogP contribution in [0.4, 0.5) is 13.2 Å². The number of fused-ring (bicyclic) bond motifs is 1. The van der Waals surface area contributed by atoms with Gasteiger partial charge in [-0.15, -0.1) is 0 Å². The van der Waals surface area contributed by atoms with E-state index in [1.165, 1.54) is 33.5 Å². The van der Waals surface area contributed by atoms with Crippen LogP contribution in [0.2, 0.25) is 0 Å². The average Bonchev–Trinajstić information content (AvgIpc) is 3.30. The predicted molar refractivity (Wildman–Crippen MR) is 125 cm³/mol. The lowest BCUT2D eigenvalue weighted by Crippen LogP contribution is -2.46. The second-order valence-corrected chi connectivity index (χ2v) is 11.0. The molecule has 0 aliphatic carbocycles. The van der Waals surface area contributed by atoms with Crippen molar-refractivity contribution >= 4 is 26.8 Å². The smallest absolute Gasteiger partial charge is 0.336 e. The first-order chi connectivity index (χ1) is 16.5. The zero-order valence-corrected chi connectivity index (χ0v) is 20.2. The summed E-state index contributed by atoms with van der Waals surface area (Å²) in [5.41, 5.74) is 0.0137. The minimum Gasteiger partial charge on any atom is -0.336 e. The van der Waals surface area contributed by atoms with Crippen LogP contribution in [0.5, 0.6) is 0 Å². The molecule has 1 aliphatic rings. The Morgan fingerprint density at radius 3 is 2.51 bits per heavy atom. The first-order valence-electron chi connectivity index (χ1n) is 11.4. The Morgan fingerprint density at radius 1 is 1.17 bits per heavy atom. The number of benzene rings is 2. The fraction of sp³-hybridized carbons (Fsp3) is 0.417. The van der Waals surface area contributed by atoms with E-state index in [1.807, 2.05) is 0 Å². The lowest BCUT2D eigenvalue weighted by molar-refractivity contribution is -0.142. The highest BCUT2D eigenvalue weighted by Crippen LogP contribution is 2.33. The van der Waals surface area contributed by atoms with Gasteiger partial charge >= 0.3 is 6.18 Å². The fourth-order valence-corrected chi connectivity index (χ4v) is 5.95. The molecule has 0 bridgehead atoms. The molecule has 188 valence electrons. The van der Waals surface area contributed by atoms with Crippen molar-refractivity contribution in [2.75, 3.05) is 13.1 Å². The molecule has 1 aliphatic heterocycles. The van der Waals surface area contributed by atoms with E-state index < -0.39 is 27.7 Å². The van der Waals surface area contributed by atoms with Crippen molar-refractivity contribution in [2.45, 2.75) is 50.3 Å². The maximum Gasteiger partial charge on any atom is 0.416 e. The molecule has 0 radical (unpaired) electrons. The number of carbonyl (C=O) groups is 1. The number of aromatic nitrogens is 2. The quantitative estimate of drug-likeness (QED) is 0.534. The van der Waals surface area contributed by atoms with E-state index in [2.05, 4.69) is 10.2 Å². The Balaban J connectivity index is 1.46. The molecular formula is C24H27F3N4O3S. The molecule has 2 aromatic carbocycles. The van der Waals surface area contributed by atoms with Gasteiger partial charge in [-0.3, -0.25) is 9.89 Å². The number of nitrogens with zero attached hydrogens (tertiary/aromatic N) is 3. The average molecular weight is 509 g/mol. The summed E-state index contributed by atoms with van der Waals surface area (Å²) in [5.74, 6) is -0.716. The van der Waals surface area contributed by atoms with E-state index in [-0.39, 0.29) is 42.0 Å². The third kappa shape index (κ3) is 5.20. The molecule has 1 aromatic heterocycles. The maximum atomic E-state index is 13.4. The van der Waals surface area contributed by atoms with Gasteiger partial charge in [-0.2, -0.15) is 22.6 Å². The lowest BCUT2D eigenvalue weighted by atomic mass is 9.95. The van der Waals surface area contributed by atoms with Gasteiger partial charge in [0.2, 0.25) is 15.9 Å². The maximum absolute atomic E-state index is 13.4. The van der Waals surface area contributed by atoms with Crippen molar-refractivity contribution in [2.24, 2.45) is 5.92 Å². The SMILES string of the molecule is CC(C)N(Cc1ccccc1C(F)(F)F)C(=O)C1CCN(S(=O)(=O)c2ccc3[nH]ncc3c2)CC1. The zero-order valence-electron chi connectivity index (χ0n) is 19.4. The lowest BCUT2D eigenvalue weighted by Gasteiger charge is -2.35. The van der Waals surface area contributed by atoms with Crippen molar-refractivity contribution in [1.82, 2.24) is 19.4 Å². The van der Waals surface area contributed by atoms with Crippen molar-refractivity contribution < 1.29 is 26.4 Å². The summed E-state index contributed by atoms with van der Waals surface area (Å²) in [4.78, 5) is 14.9. The number of halogens is 3. The van der Waals surface area contributed by atoms with Gasteiger partial charge in [0.15, 0.2) is 0 Å². The molecule has 1 amide bonds. The summed E-state index contributed by atoms with van der Waals surface area (Å²) < 4.78 is 68.0. The summed E-state index contributed by atoms with van der Waals surface area (Å²) in [6.45, 7) is 3.69. The van der Waals surface area contributed by atoms with Gasteiger partial charge in [-0.05, 0) is 56.5 Å². The Labute approximate surface area is 202 Å². The van der Waals surface area contributed by atoms with Crippen LogP contribution in [0.1, 0.15) is 37.8 Å². The first kappa shape index (κ1) is 25.2. The van der Waals surface area contributed by atoms with Crippen LogP contribution < -0.4 is 0 Å². The second kappa shape index (κ2) is 9.62. The van der Waals surface area contributed by atoms with Gasteiger partial charge in [0.05, 0.1) is 22.2 Å². The van der Waals surface area contributed by atoms with E-state index in [0.29, 0.717) is 18.2 Å². The van der Waals surface area contributed by atoms with Gasteiger partial charge in [-0.1, -0.05) is 18.2 Å². The van der Waals surface area contributed by atoms with Crippen LogP contribution >= 0.6 is 0 Å². The normalized spacial score (nSPS) is 16.2. The van der Waals surface area contributed by atoms with Crippen LogP contribution in [-0.4, -0.2) is 52.9 Å². The second-order valence-electron chi connectivity index (χ2n) is 9.01. The number of hydrogen-bond donors (Lipinski definition) is 1. The van der Waals surface area contributed by atoms with Gasteiger partial charge in [0.25, 0.3) is 0 Å². The number of H-pyrrole nitrogens is 1. The van der Waals surface area contributed by atoms with Crippen LogP contribution in [0.25, 0.3) is 10.9 Å². The highest BCUT2D eigenvalue weighted by Gasteiger charge is 2.37. The molecule has 0 atom stereocenters. The van der Waals surface area contributed by atoms with Crippen LogP contribution in [0.3, 0.4) is 0 Å². The summed E-state index contributed by atoms with van der Waals surface area (Å²) in [6, 6.07) is 9.68. The topological polar surface area (TPSA) is 86.4 Å². The molecular weight excluding hydrogens is 481 g/mol. The number of piperidine rings is 1. The van der Waals surface area contributed by atoms with E-state index in [9.17, 15) is 26.4 Å². The molecule has 35 heavy (non-hydrogen) atoms. The zero-order chi connectivity index (χ0) is 25.4. The Hall–Kier alpha value is -2.92. The molecule has 0 spiro atoms. The molecule has 11 heteroatoms. The van der Waals surface area contributed by atoms with Crippen LogP contribution in [0.15, 0.2) is 53.6 Å². The van der Waals surface area contributed by atoms with E-state index in [1.54, 1.807) is 32.2 Å². The van der Waals surface area contributed by atoms with Gasteiger partial charge in [-0.25, -0.2) is 8.42 Å². The molecule has 7 nitrogen and oxygen atoms in total. The number of aromatic amines is 1. The minimum absolute atomic E-state index is 0.0386. The number of nitrogens with one attached hydrogen (secondary N) is 1. The molecule has 1 fully saturated rings. The van der Waals surface area contributed by atoms with Gasteiger partial charge < -0.3 is 4.90 Å². The Bertz CT molecular complexity index is 1310. The summed E-state index contributed by atoms with van der Waals surface area (Å²) in [7, 11) is -3.75. The van der Waals surface area contributed by atoms with Gasteiger partial charge in [0, 0.05) is 37.0 Å². The number of sulfonamides is 1. The summed E-state index contributed by atoms with van der Waals surface area (Å²) in [6.07, 6.45) is -2.36. The molecule has 2 heterocycles. The third-order valence-corrected chi connectivity index (χ3v) is 8.32. The number of carbonyl (C=O) groups excluding carboxylic acids is 1. The highest BCUT2D eigenvalue weighted by atomic mass is 32.2. The van der Waals surface area contributed by atoms with E-state index in [0.717, 1.165) is 11.6 Å². The largest absolute Gasteiger partial charge is 0.416 e. The van der Waals surface area contributed by atoms with E-state index in [4.69, 9.17) is 0 Å². The number of hydrogen-bond acceptors (Lipinski definition) is 4. The van der Waals surface area contributed by atoms with E-state index >= 15 is 0 Å². The third-order valence-electron chi connectivity index (χ3n) is 6.42. The molecule has 1 N–H and O–H groups in total. The standard InChI is InChI=1S/C24H27F3N4O3S/c1-16(2)31(15-18-5-3-4-6-21(18)24(25,26)27)23(32)17-9-11-30(12-10-17)35(33,34)20-7-8-22-19(13-20)14-28-29-22/h3-8,13-14,16-17H,9-12,15H2,1-2H3,(H,28,29).